The van der Waals surface area contributed by atoms with Crippen LogP contribution in [0.1, 0.15) is 12.8 Å². The van der Waals surface area contributed by atoms with Gasteiger partial charge in [0.05, 0.1) is 25.0 Å². The van der Waals surface area contributed by atoms with Gasteiger partial charge in [0.25, 0.3) is 5.56 Å². The van der Waals surface area contributed by atoms with Crippen molar-refractivity contribution in [2.45, 2.75) is 25.4 Å². The third-order valence-corrected chi connectivity index (χ3v) is 4.21. The average Bonchev–Trinajstić information content (AvgIpc) is 3.27. The summed E-state index contributed by atoms with van der Waals surface area (Å²) in [4.78, 5) is 14.4. The minimum absolute atomic E-state index is 0.136. The van der Waals surface area contributed by atoms with E-state index in [1.54, 1.807) is 13.3 Å². The van der Waals surface area contributed by atoms with Gasteiger partial charge in [0.15, 0.2) is 0 Å². The summed E-state index contributed by atoms with van der Waals surface area (Å²) in [5.74, 6) is 0. The Morgan fingerprint density at radius 1 is 1.60 bits per heavy atom. The zero-order valence-corrected chi connectivity index (χ0v) is 13.5. The van der Waals surface area contributed by atoms with Crippen molar-refractivity contribution >= 4 is 21.6 Å². The first kappa shape index (κ1) is 15.5. The van der Waals surface area contributed by atoms with E-state index in [9.17, 15) is 4.79 Å². The van der Waals surface area contributed by atoms with E-state index in [1.165, 1.54) is 17.5 Å². The molecule has 0 aromatic carbocycles. The summed E-state index contributed by atoms with van der Waals surface area (Å²) >= 11 is 3.34. The highest BCUT2D eigenvalue weighted by atomic mass is 79.9. The van der Waals surface area contributed by atoms with Crippen molar-refractivity contribution in [2.24, 2.45) is 0 Å². The molecule has 1 aromatic heterocycles. The summed E-state index contributed by atoms with van der Waals surface area (Å²) in [7, 11) is 3.74. The van der Waals surface area contributed by atoms with Crippen molar-refractivity contribution in [3.8, 4) is 0 Å². The van der Waals surface area contributed by atoms with E-state index in [2.05, 4.69) is 38.3 Å². The number of hydrogen-bond acceptors (Lipinski definition) is 5. The summed E-state index contributed by atoms with van der Waals surface area (Å²) in [6.45, 7) is 2.69. The topological polar surface area (TPSA) is 59.4 Å². The first-order chi connectivity index (χ1) is 9.63. The van der Waals surface area contributed by atoms with Gasteiger partial charge in [-0.25, -0.2) is 4.68 Å². The minimum atomic E-state index is -0.136. The number of nitrogens with one attached hydrogen (secondary N) is 1. The summed E-state index contributed by atoms with van der Waals surface area (Å²) in [5.41, 5.74) is 0.607. The molecule has 0 aliphatic heterocycles. The average molecular weight is 345 g/mol. The van der Waals surface area contributed by atoms with E-state index in [-0.39, 0.29) is 5.56 Å². The molecule has 6 nitrogen and oxygen atoms in total. The van der Waals surface area contributed by atoms with E-state index in [0.29, 0.717) is 17.6 Å². The van der Waals surface area contributed by atoms with Crippen LogP contribution in [-0.4, -0.2) is 54.6 Å². The van der Waals surface area contributed by atoms with Crippen molar-refractivity contribution in [3.63, 3.8) is 0 Å². The van der Waals surface area contributed by atoms with E-state index < -0.39 is 0 Å². The molecule has 1 fully saturated rings. The Kier molecular flexibility index (Phi) is 5.56. The van der Waals surface area contributed by atoms with Gasteiger partial charge >= 0.3 is 0 Å². The largest absolute Gasteiger partial charge is 0.383 e. The molecule has 0 radical (unpaired) electrons. The zero-order chi connectivity index (χ0) is 14.5. The first-order valence-corrected chi connectivity index (χ1v) is 7.61. The normalized spacial score (nSPS) is 14.8. The van der Waals surface area contributed by atoms with Crippen molar-refractivity contribution < 1.29 is 4.74 Å². The maximum absolute atomic E-state index is 12.1. The molecule has 0 saturated heterocycles. The fourth-order valence-corrected chi connectivity index (χ4v) is 2.44. The molecule has 1 saturated carbocycles. The van der Waals surface area contributed by atoms with Crippen LogP contribution in [0.15, 0.2) is 15.5 Å². The Bertz CT molecular complexity index is 502. The van der Waals surface area contributed by atoms with Crippen LogP contribution in [0.4, 0.5) is 5.69 Å². The molecule has 1 heterocycles. The van der Waals surface area contributed by atoms with Crippen molar-refractivity contribution in [1.82, 2.24) is 14.7 Å². The number of anilines is 1. The Morgan fingerprint density at radius 3 is 3.00 bits per heavy atom. The van der Waals surface area contributed by atoms with Gasteiger partial charge in [-0.05, 0) is 35.8 Å². The number of ether oxygens (including phenoxy) is 1. The number of aromatic nitrogens is 2. The van der Waals surface area contributed by atoms with E-state index in [1.807, 2.05) is 0 Å². The standard InChI is InChI=1S/C13H21BrN4O2/c1-17(10-3-4-10)6-5-15-11-9-16-18(7-8-20-2)13(19)12(11)14/h9-10,15H,3-8H2,1-2H3. The third-order valence-electron chi connectivity index (χ3n) is 3.44. The number of halogens is 1. The Balaban J connectivity index is 1.91. The van der Waals surface area contributed by atoms with Gasteiger partial charge < -0.3 is 15.0 Å². The molecule has 0 spiro atoms. The Labute approximate surface area is 127 Å². The van der Waals surface area contributed by atoms with Crippen molar-refractivity contribution in [1.29, 1.82) is 0 Å². The van der Waals surface area contributed by atoms with Gasteiger partial charge in [0, 0.05) is 26.2 Å². The van der Waals surface area contributed by atoms with Crippen LogP contribution in [-0.2, 0) is 11.3 Å². The van der Waals surface area contributed by atoms with Gasteiger partial charge in [0.2, 0.25) is 0 Å². The number of likely N-dealkylation sites (N-methyl/N-ethyl adjacent to an activating group) is 1. The van der Waals surface area contributed by atoms with Crippen LogP contribution in [0.5, 0.6) is 0 Å². The van der Waals surface area contributed by atoms with E-state index in [4.69, 9.17) is 4.74 Å². The highest BCUT2D eigenvalue weighted by Crippen LogP contribution is 2.24. The second kappa shape index (κ2) is 7.19. The summed E-state index contributed by atoms with van der Waals surface area (Å²) in [6, 6.07) is 0.750. The van der Waals surface area contributed by atoms with Crippen LogP contribution < -0.4 is 10.9 Å². The predicted octanol–water partition coefficient (Wildman–Crippen LogP) is 1.16. The van der Waals surface area contributed by atoms with Gasteiger partial charge in [-0.3, -0.25) is 4.79 Å². The zero-order valence-electron chi connectivity index (χ0n) is 11.9. The maximum atomic E-state index is 12.1. The quantitative estimate of drug-likeness (QED) is 0.766. The highest BCUT2D eigenvalue weighted by molar-refractivity contribution is 9.10. The molecule has 112 valence electrons. The molecule has 0 amide bonds. The van der Waals surface area contributed by atoms with Gasteiger partial charge in [-0.15, -0.1) is 0 Å². The van der Waals surface area contributed by atoms with Crippen LogP contribution >= 0.6 is 15.9 Å². The number of hydrogen-bond donors (Lipinski definition) is 1. The molecule has 7 heteroatoms. The predicted molar refractivity (Wildman–Crippen MR) is 82.2 cm³/mol. The molecule has 0 atom stereocenters. The SMILES string of the molecule is COCCn1ncc(NCCN(C)C2CC2)c(Br)c1=O. The molecule has 20 heavy (non-hydrogen) atoms. The van der Waals surface area contributed by atoms with Gasteiger partial charge in [-0.2, -0.15) is 5.10 Å². The van der Waals surface area contributed by atoms with Crippen molar-refractivity contribution in [3.05, 3.63) is 21.0 Å². The molecule has 1 N–H and O–H groups in total. The molecular formula is C13H21BrN4O2. The lowest BCUT2D eigenvalue weighted by Gasteiger charge is -2.16. The first-order valence-electron chi connectivity index (χ1n) is 6.82. The molecule has 1 aliphatic rings. The lowest BCUT2D eigenvalue weighted by Crippen LogP contribution is -2.29. The third kappa shape index (κ3) is 4.04. The smallest absolute Gasteiger partial charge is 0.283 e. The van der Waals surface area contributed by atoms with Gasteiger partial charge in [0.1, 0.15) is 4.47 Å². The van der Waals surface area contributed by atoms with Crippen LogP contribution in [0.25, 0.3) is 0 Å². The van der Waals surface area contributed by atoms with Gasteiger partial charge in [-0.1, -0.05) is 0 Å². The Hall–Kier alpha value is -0.920. The van der Waals surface area contributed by atoms with Crippen LogP contribution in [0.3, 0.4) is 0 Å². The lowest BCUT2D eigenvalue weighted by atomic mass is 10.4. The number of methoxy groups -OCH3 is 1. The van der Waals surface area contributed by atoms with Crippen molar-refractivity contribution in [2.75, 3.05) is 39.2 Å². The number of rotatable bonds is 8. The molecular weight excluding hydrogens is 324 g/mol. The summed E-state index contributed by atoms with van der Waals surface area (Å²) < 4.78 is 6.88. The fourth-order valence-electron chi connectivity index (χ4n) is 1.99. The summed E-state index contributed by atoms with van der Waals surface area (Å²) in [6.07, 6.45) is 4.28. The highest BCUT2D eigenvalue weighted by Gasteiger charge is 2.25. The fraction of sp³-hybridized carbons (Fsp3) is 0.692. The molecule has 0 bridgehead atoms. The number of nitrogens with zero attached hydrogens (tertiary/aromatic N) is 3. The minimum Gasteiger partial charge on any atom is -0.383 e. The molecule has 1 aromatic rings. The van der Waals surface area contributed by atoms with Crippen LogP contribution in [0, 0.1) is 0 Å². The van der Waals surface area contributed by atoms with Crippen LogP contribution in [0.2, 0.25) is 0 Å². The molecule has 1 aliphatic carbocycles. The monoisotopic (exact) mass is 344 g/mol. The second-order valence-corrected chi connectivity index (χ2v) is 5.82. The summed E-state index contributed by atoms with van der Waals surface area (Å²) in [5, 5.41) is 7.39. The van der Waals surface area contributed by atoms with E-state index in [0.717, 1.165) is 24.8 Å². The van der Waals surface area contributed by atoms with E-state index >= 15 is 0 Å². The lowest BCUT2D eigenvalue weighted by molar-refractivity contribution is 0.181. The second-order valence-electron chi connectivity index (χ2n) is 5.03. The molecule has 2 rings (SSSR count). The molecule has 0 unspecified atom stereocenters. The Morgan fingerprint density at radius 2 is 2.35 bits per heavy atom. The maximum Gasteiger partial charge on any atom is 0.283 e.